The van der Waals surface area contributed by atoms with Crippen LogP contribution in [0.2, 0.25) is 0 Å². The molecule has 30 heavy (non-hydrogen) atoms. The summed E-state index contributed by atoms with van der Waals surface area (Å²) in [6, 6.07) is 14.4. The lowest BCUT2D eigenvalue weighted by molar-refractivity contribution is -0.150. The number of hydrogen-bond donors (Lipinski definition) is 2. The molecule has 3 rings (SSSR count). The van der Waals surface area contributed by atoms with E-state index in [1.165, 1.54) is 0 Å². The molecule has 7 nitrogen and oxygen atoms in total. The minimum Gasteiger partial charge on any atom is -0.481 e. The summed E-state index contributed by atoms with van der Waals surface area (Å²) in [5.41, 5.74) is 3.48. The van der Waals surface area contributed by atoms with E-state index in [2.05, 4.69) is 5.32 Å². The van der Waals surface area contributed by atoms with Gasteiger partial charge >= 0.3 is 18.0 Å². The molecule has 0 saturated heterocycles. The Kier molecular flexibility index (Phi) is 6.10. The van der Waals surface area contributed by atoms with Gasteiger partial charge in [-0.05, 0) is 43.0 Å². The number of carbonyl (C=O) groups is 3. The average molecular weight is 411 g/mol. The van der Waals surface area contributed by atoms with Crippen molar-refractivity contribution in [2.24, 2.45) is 0 Å². The zero-order valence-electron chi connectivity index (χ0n) is 17.2. The van der Waals surface area contributed by atoms with Crippen LogP contribution in [-0.2, 0) is 19.1 Å². The third-order valence-electron chi connectivity index (χ3n) is 4.71. The molecule has 0 spiro atoms. The van der Waals surface area contributed by atoms with Crippen molar-refractivity contribution >= 4 is 18.0 Å². The summed E-state index contributed by atoms with van der Waals surface area (Å²) in [4.78, 5) is 35.8. The van der Waals surface area contributed by atoms with E-state index in [4.69, 9.17) is 14.6 Å². The largest absolute Gasteiger partial charge is 0.481 e. The molecule has 1 amide bonds. The van der Waals surface area contributed by atoms with Gasteiger partial charge < -0.3 is 19.9 Å². The lowest BCUT2D eigenvalue weighted by Crippen LogP contribution is -2.45. The SMILES string of the molecule is CC(C)(C)OC(=O)N[C@H](CC(=O)O)C(=O)OCC1c2ccccc2-c2ccccc21. The molecular weight excluding hydrogens is 386 g/mol. The first-order valence-electron chi connectivity index (χ1n) is 9.72. The van der Waals surface area contributed by atoms with Crippen molar-refractivity contribution < 1.29 is 29.0 Å². The number of ether oxygens (including phenoxy) is 2. The Morgan fingerprint density at radius 2 is 1.53 bits per heavy atom. The fourth-order valence-electron chi connectivity index (χ4n) is 3.52. The number of amides is 1. The number of aliphatic carboxylic acids is 1. The van der Waals surface area contributed by atoms with Gasteiger partial charge in [0, 0.05) is 5.92 Å². The number of carbonyl (C=O) groups excluding carboxylic acids is 2. The van der Waals surface area contributed by atoms with Crippen molar-refractivity contribution in [3.05, 3.63) is 59.7 Å². The third-order valence-corrected chi connectivity index (χ3v) is 4.71. The van der Waals surface area contributed by atoms with Crippen LogP contribution < -0.4 is 5.32 Å². The summed E-state index contributed by atoms with van der Waals surface area (Å²) < 4.78 is 10.6. The van der Waals surface area contributed by atoms with Gasteiger partial charge in [0.25, 0.3) is 0 Å². The standard InChI is InChI=1S/C23H25NO6/c1-23(2,3)30-22(28)24-19(12-20(25)26)21(27)29-13-18-16-10-6-4-8-14(16)15-9-5-7-11-17(15)18/h4-11,18-19H,12-13H2,1-3H3,(H,24,28)(H,25,26)/t19-/m1/s1. The summed E-state index contributed by atoms with van der Waals surface area (Å²) in [5, 5.41) is 11.4. The van der Waals surface area contributed by atoms with Gasteiger partial charge in [0.15, 0.2) is 0 Å². The van der Waals surface area contributed by atoms with Crippen molar-refractivity contribution in [3.63, 3.8) is 0 Å². The summed E-state index contributed by atoms with van der Waals surface area (Å²) >= 11 is 0. The van der Waals surface area contributed by atoms with E-state index < -0.39 is 36.1 Å². The maximum Gasteiger partial charge on any atom is 0.408 e. The van der Waals surface area contributed by atoms with Crippen LogP contribution in [0, 0.1) is 0 Å². The molecule has 1 aliphatic rings. The van der Waals surface area contributed by atoms with Gasteiger partial charge in [0.2, 0.25) is 0 Å². The van der Waals surface area contributed by atoms with E-state index >= 15 is 0 Å². The second-order valence-corrected chi connectivity index (χ2v) is 8.15. The van der Waals surface area contributed by atoms with Crippen molar-refractivity contribution in [1.29, 1.82) is 0 Å². The summed E-state index contributed by atoms with van der Waals surface area (Å²) in [5.74, 6) is -2.21. The molecule has 2 aromatic rings. The molecule has 0 saturated carbocycles. The summed E-state index contributed by atoms with van der Waals surface area (Å²) in [7, 11) is 0. The van der Waals surface area contributed by atoms with Crippen molar-refractivity contribution in [3.8, 4) is 11.1 Å². The highest BCUT2D eigenvalue weighted by Crippen LogP contribution is 2.44. The number of carboxylic acids is 1. The quantitative estimate of drug-likeness (QED) is 0.703. The zero-order chi connectivity index (χ0) is 21.9. The van der Waals surface area contributed by atoms with E-state index in [0.29, 0.717) is 0 Å². The summed E-state index contributed by atoms with van der Waals surface area (Å²) in [6.07, 6.45) is -1.47. The Balaban J connectivity index is 1.72. The smallest absolute Gasteiger partial charge is 0.408 e. The number of fused-ring (bicyclic) bond motifs is 3. The van der Waals surface area contributed by atoms with E-state index in [-0.39, 0.29) is 12.5 Å². The fourth-order valence-corrected chi connectivity index (χ4v) is 3.52. The van der Waals surface area contributed by atoms with Crippen LogP contribution >= 0.6 is 0 Å². The third kappa shape index (κ3) is 4.97. The molecule has 158 valence electrons. The van der Waals surface area contributed by atoms with E-state index in [1.54, 1.807) is 20.8 Å². The lowest BCUT2D eigenvalue weighted by Gasteiger charge is -2.23. The van der Waals surface area contributed by atoms with E-state index in [1.807, 2.05) is 48.5 Å². The molecule has 2 N–H and O–H groups in total. The lowest BCUT2D eigenvalue weighted by atomic mass is 9.98. The average Bonchev–Trinajstić information content (AvgIpc) is 2.98. The monoisotopic (exact) mass is 411 g/mol. The molecule has 0 unspecified atom stereocenters. The first-order chi connectivity index (χ1) is 14.2. The molecule has 0 aromatic heterocycles. The molecule has 1 aliphatic carbocycles. The summed E-state index contributed by atoms with van der Waals surface area (Å²) in [6.45, 7) is 5.06. The maximum absolute atomic E-state index is 12.6. The van der Waals surface area contributed by atoms with Crippen LogP contribution in [0.1, 0.15) is 44.2 Å². The Bertz CT molecular complexity index is 917. The van der Waals surface area contributed by atoms with Gasteiger partial charge in [0.1, 0.15) is 18.2 Å². The molecule has 0 bridgehead atoms. The van der Waals surface area contributed by atoms with E-state index in [0.717, 1.165) is 22.3 Å². The van der Waals surface area contributed by atoms with Crippen molar-refractivity contribution in [2.45, 2.75) is 44.8 Å². The first-order valence-corrected chi connectivity index (χ1v) is 9.72. The topological polar surface area (TPSA) is 102 Å². The Morgan fingerprint density at radius 1 is 1.00 bits per heavy atom. The number of hydrogen-bond acceptors (Lipinski definition) is 5. The maximum atomic E-state index is 12.6. The van der Waals surface area contributed by atoms with Gasteiger partial charge in [-0.2, -0.15) is 0 Å². The van der Waals surface area contributed by atoms with Crippen LogP contribution in [0.15, 0.2) is 48.5 Å². The second kappa shape index (κ2) is 8.57. The number of esters is 1. The highest BCUT2D eigenvalue weighted by atomic mass is 16.6. The van der Waals surface area contributed by atoms with Crippen molar-refractivity contribution in [1.82, 2.24) is 5.32 Å². The number of carboxylic acid groups (broad SMARTS) is 1. The second-order valence-electron chi connectivity index (χ2n) is 8.15. The number of nitrogens with one attached hydrogen (secondary N) is 1. The van der Waals surface area contributed by atoms with Gasteiger partial charge in [0.05, 0.1) is 6.42 Å². The molecule has 2 aromatic carbocycles. The fraction of sp³-hybridized carbons (Fsp3) is 0.348. The van der Waals surface area contributed by atoms with Gasteiger partial charge in [-0.25, -0.2) is 9.59 Å². The predicted octanol–water partition coefficient (Wildman–Crippen LogP) is 3.71. The van der Waals surface area contributed by atoms with Crippen LogP contribution in [0.4, 0.5) is 4.79 Å². The molecule has 0 radical (unpaired) electrons. The highest BCUT2D eigenvalue weighted by molar-refractivity contribution is 5.86. The first kappa shape index (κ1) is 21.4. The molecular formula is C23H25NO6. The van der Waals surface area contributed by atoms with Crippen LogP contribution in [0.5, 0.6) is 0 Å². The van der Waals surface area contributed by atoms with Gasteiger partial charge in [-0.3, -0.25) is 4.79 Å². The van der Waals surface area contributed by atoms with Gasteiger partial charge in [-0.1, -0.05) is 48.5 Å². The minimum absolute atomic E-state index is 0.0407. The van der Waals surface area contributed by atoms with Crippen LogP contribution in [0.3, 0.4) is 0 Å². The number of benzene rings is 2. The normalized spacial score (nSPS) is 13.7. The Hall–Kier alpha value is -3.35. The van der Waals surface area contributed by atoms with E-state index in [9.17, 15) is 14.4 Å². The van der Waals surface area contributed by atoms with Crippen molar-refractivity contribution in [2.75, 3.05) is 6.61 Å². The Morgan fingerprint density at radius 3 is 2.03 bits per heavy atom. The van der Waals surface area contributed by atoms with Crippen LogP contribution in [-0.4, -0.2) is 41.4 Å². The van der Waals surface area contributed by atoms with Gasteiger partial charge in [-0.15, -0.1) is 0 Å². The molecule has 0 fully saturated rings. The molecule has 1 atom stereocenters. The Labute approximate surface area is 175 Å². The highest BCUT2D eigenvalue weighted by Gasteiger charge is 2.32. The minimum atomic E-state index is -1.34. The number of alkyl carbamates (subject to hydrolysis) is 1. The molecule has 0 aliphatic heterocycles. The molecule has 0 heterocycles. The number of rotatable bonds is 6. The van der Waals surface area contributed by atoms with Crippen LogP contribution in [0.25, 0.3) is 11.1 Å². The predicted molar refractivity (Wildman–Crippen MR) is 110 cm³/mol. The molecule has 7 heteroatoms. The zero-order valence-corrected chi connectivity index (χ0v) is 17.2.